The van der Waals surface area contributed by atoms with Gasteiger partial charge in [-0.3, -0.25) is 0 Å². The van der Waals surface area contributed by atoms with Gasteiger partial charge in [0.1, 0.15) is 0 Å². The molecule has 0 fully saturated rings. The minimum atomic E-state index is 0.761. The average molecular weight is 210 g/mol. The van der Waals surface area contributed by atoms with Gasteiger partial charge in [0, 0.05) is 0 Å². The zero-order valence-corrected chi connectivity index (χ0v) is 6.97. The van der Waals surface area contributed by atoms with Gasteiger partial charge < -0.3 is 0 Å². The van der Waals surface area contributed by atoms with Gasteiger partial charge in [-0.2, -0.15) is 0 Å². The van der Waals surface area contributed by atoms with E-state index < -0.39 is 0 Å². The minimum Gasteiger partial charge on any atom is -0.0756 e. The van der Waals surface area contributed by atoms with E-state index in [0.29, 0.717) is 0 Å². The summed E-state index contributed by atoms with van der Waals surface area (Å²) >= 11 is 2.25. The van der Waals surface area contributed by atoms with Crippen molar-refractivity contribution in [1.29, 1.82) is 0 Å². The first-order valence-corrected chi connectivity index (χ1v) is 3.82. The van der Waals surface area contributed by atoms with Crippen molar-refractivity contribution >= 4 is 22.6 Å². The summed E-state index contributed by atoms with van der Waals surface area (Å²) in [5.41, 5.74) is 0. The van der Waals surface area contributed by atoms with E-state index in [4.69, 9.17) is 0 Å². The summed E-state index contributed by atoms with van der Waals surface area (Å²) in [4.78, 5) is 0. The fourth-order valence-corrected chi connectivity index (χ4v) is 0.969. The van der Waals surface area contributed by atoms with Crippen LogP contribution in [0.4, 0.5) is 0 Å². The molecule has 0 aliphatic carbocycles. The zero-order chi connectivity index (χ0) is 5.70. The molecule has 0 bridgehead atoms. The first-order valence-electron chi connectivity index (χ1n) is 2.58. The van der Waals surface area contributed by atoms with Crippen molar-refractivity contribution in [1.82, 2.24) is 0 Å². The Hall–Kier alpha value is 0.470. The van der Waals surface area contributed by atoms with Gasteiger partial charge in [0.25, 0.3) is 0 Å². The molecule has 0 unspecified atom stereocenters. The highest BCUT2D eigenvalue weighted by atomic mass is 127. The van der Waals surface area contributed by atoms with Crippen LogP contribution < -0.4 is 0 Å². The van der Waals surface area contributed by atoms with E-state index in [1.165, 1.54) is 6.42 Å². The van der Waals surface area contributed by atoms with Crippen molar-refractivity contribution in [2.45, 2.75) is 20.3 Å². The molecule has 0 radical (unpaired) electrons. The van der Waals surface area contributed by atoms with Crippen molar-refractivity contribution < 1.29 is 0 Å². The lowest BCUT2D eigenvalue weighted by molar-refractivity contribution is 0.700. The maximum Gasteiger partial charge on any atom is -0.0257 e. The molecule has 0 N–H and O–H groups in total. The van der Waals surface area contributed by atoms with Crippen molar-refractivity contribution in [3.8, 4) is 0 Å². The lowest BCUT2D eigenvalue weighted by atomic mass is 10.1. The van der Waals surface area contributed by atoms with Crippen LogP contribution in [0.2, 0.25) is 0 Å². The molecule has 1 heteroatoms. The van der Waals surface area contributed by atoms with Crippen LogP contribution in [0.3, 0.4) is 0 Å². The van der Waals surface area contributed by atoms with Gasteiger partial charge in [0.05, 0.1) is 0 Å². The topological polar surface area (TPSA) is 0 Å². The predicted molar refractivity (Wildman–Crippen MR) is 42.6 cm³/mol. The van der Waals surface area contributed by atoms with Crippen LogP contribution >= 0.6 is 22.6 Å². The molecule has 0 aliphatic rings. The van der Waals surface area contributed by atoms with Crippen LogP contribution in [0.15, 0.2) is 10.2 Å². The van der Waals surface area contributed by atoms with Crippen LogP contribution in [-0.4, -0.2) is 0 Å². The van der Waals surface area contributed by atoms with E-state index in [1.54, 1.807) is 0 Å². The second kappa shape index (κ2) is 4.62. The molecule has 0 heterocycles. The summed E-state index contributed by atoms with van der Waals surface area (Å²) in [7, 11) is 0. The maximum absolute atomic E-state index is 2.25. The molecule has 0 aliphatic heterocycles. The number of rotatable bonds is 2. The first-order chi connectivity index (χ1) is 3.31. The van der Waals surface area contributed by atoms with E-state index in [0.717, 1.165) is 5.92 Å². The van der Waals surface area contributed by atoms with Gasteiger partial charge in [-0.05, 0) is 10.0 Å². The van der Waals surface area contributed by atoms with E-state index in [2.05, 4.69) is 46.6 Å². The molecule has 0 nitrogen and oxygen atoms in total. The molecule has 0 rings (SSSR count). The number of allylic oxidation sites excluding steroid dienone is 1. The Kier molecular flexibility index (Phi) is 4.94. The minimum absolute atomic E-state index is 0.761. The normalized spacial score (nSPS) is 15.3. The fraction of sp³-hybridized carbons (Fsp3) is 0.667. The second-order valence-electron chi connectivity index (χ2n) is 1.70. The smallest absolute Gasteiger partial charge is 0.0257 e. The highest BCUT2D eigenvalue weighted by Crippen LogP contribution is 2.02. The number of hydrogen-bond acceptors (Lipinski definition) is 0. The first kappa shape index (κ1) is 7.47. The lowest BCUT2D eigenvalue weighted by Crippen LogP contribution is -1.81. The Morgan fingerprint density at radius 3 is 2.43 bits per heavy atom. The fourth-order valence-electron chi connectivity index (χ4n) is 0.260. The van der Waals surface area contributed by atoms with Gasteiger partial charge in [-0.1, -0.05) is 48.9 Å². The molecule has 42 valence electrons. The molecule has 0 spiro atoms. The van der Waals surface area contributed by atoms with Crippen LogP contribution in [0.1, 0.15) is 20.3 Å². The molecule has 7 heavy (non-hydrogen) atoms. The van der Waals surface area contributed by atoms with Crippen LogP contribution in [0.25, 0.3) is 0 Å². The van der Waals surface area contributed by atoms with Gasteiger partial charge in [-0.25, -0.2) is 0 Å². The Morgan fingerprint density at radius 1 is 1.71 bits per heavy atom. The molecule has 0 amide bonds. The average Bonchev–Trinajstić information content (AvgIpc) is 1.68. The molecular formula is C6H11I. The van der Waals surface area contributed by atoms with E-state index in [-0.39, 0.29) is 0 Å². The highest BCUT2D eigenvalue weighted by molar-refractivity contribution is 14.1. The van der Waals surface area contributed by atoms with E-state index in [1.807, 2.05) is 0 Å². The summed E-state index contributed by atoms with van der Waals surface area (Å²) in [6.45, 7) is 4.41. The summed E-state index contributed by atoms with van der Waals surface area (Å²) in [6.07, 6.45) is 3.46. The Bertz CT molecular complexity index is 57.2. The van der Waals surface area contributed by atoms with Crippen molar-refractivity contribution in [2.24, 2.45) is 5.92 Å². The SMILES string of the molecule is CC[C@@H](C)/C=C/I. The summed E-state index contributed by atoms with van der Waals surface area (Å²) in [5.74, 6) is 0.761. The third-order valence-electron chi connectivity index (χ3n) is 1.05. The Labute approximate surface area is 59.1 Å². The molecule has 0 saturated heterocycles. The molecule has 0 aromatic heterocycles. The number of hydrogen-bond donors (Lipinski definition) is 0. The predicted octanol–water partition coefficient (Wildman–Crippen LogP) is 2.98. The molecule has 0 aromatic carbocycles. The second-order valence-corrected chi connectivity index (χ2v) is 2.42. The molecule has 0 saturated carbocycles. The standard InChI is InChI=1S/C6H11I/c1-3-6(2)4-5-7/h4-6H,3H2,1-2H3/b5-4+/t6-/m1/s1. The Balaban J connectivity index is 3.16. The quantitative estimate of drug-likeness (QED) is 0.614. The van der Waals surface area contributed by atoms with E-state index in [9.17, 15) is 0 Å². The summed E-state index contributed by atoms with van der Waals surface area (Å²) in [6, 6.07) is 0. The molecule has 0 aromatic rings. The number of halogens is 1. The van der Waals surface area contributed by atoms with Gasteiger partial charge in [0.2, 0.25) is 0 Å². The summed E-state index contributed by atoms with van der Waals surface area (Å²) < 4.78 is 2.08. The van der Waals surface area contributed by atoms with Crippen molar-refractivity contribution in [2.75, 3.05) is 0 Å². The monoisotopic (exact) mass is 210 g/mol. The van der Waals surface area contributed by atoms with Crippen molar-refractivity contribution in [3.63, 3.8) is 0 Å². The zero-order valence-electron chi connectivity index (χ0n) is 4.82. The largest absolute Gasteiger partial charge is 0.0756 e. The van der Waals surface area contributed by atoms with Crippen LogP contribution in [0, 0.1) is 5.92 Å². The molecular weight excluding hydrogens is 199 g/mol. The van der Waals surface area contributed by atoms with Crippen LogP contribution in [0.5, 0.6) is 0 Å². The third kappa shape index (κ3) is 4.32. The van der Waals surface area contributed by atoms with Gasteiger partial charge >= 0.3 is 0 Å². The third-order valence-corrected chi connectivity index (χ3v) is 1.46. The lowest BCUT2D eigenvalue weighted by Gasteiger charge is -1.95. The summed E-state index contributed by atoms with van der Waals surface area (Å²) in [5, 5.41) is 0. The van der Waals surface area contributed by atoms with Gasteiger partial charge in [0.15, 0.2) is 0 Å². The molecule has 1 atom stereocenters. The van der Waals surface area contributed by atoms with Crippen molar-refractivity contribution in [3.05, 3.63) is 10.2 Å². The maximum atomic E-state index is 2.25. The Morgan fingerprint density at radius 2 is 2.29 bits per heavy atom. The van der Waals surface area contributed by atoms with E-state index >= 15 is 0 Å². The van der Waals surface area contributed by atoms with Crippen LogP contribution in [-0.2, 0) is 0 Å². The van der Waals surface area contributed by atoms with Gasteiger partial charge in [-0.15, -0.1) is 0 Å². The highest BCUT2D eigenvalue weighted by Gasteiger charge is 1.86.